The first-order chi connectivity index (χ1) is 3.93. The maximum absolute atomic E-state index is 8.23. The quantitative estimate of drug-likeness (QED) is 0.451. The molecule has 0 N–H and O–H groups in total. The zero-order valence-electron chi connectivity index (χ0n) is 4.76. The van der Waals surface area contributed by atoms with Gasteiger partial charge in [-0.1, -0.05) is 0 Å². The average Bonchev–Trinajstić information content (AvgIpc) is 2.19. The fraction of sp³-hybridized carbons (Fsp3) is 0.667. The Morgan fingerprint density at radius 3 is 2.50 bits per heavy atom. The molecule has 8 heavy (non-hydrogen) atoms. The summed E-state index contributed by atoms with van der Waals surface area (Å²) >= 11 is 0. The molecule has 0 amide bonds. The van der Waals surface area contributed by atoms with Gasteiger partial charge in [0.15, 0.2) is 0 Å². The van der Waals surface area contributed by atoms with Gasteiger partial charge in [0.1, 0.15) is 0 Å². The van der Waals surface area contributed by atoms with Crippen molar-refractivity contribution in [1.82, 2.24) is 0 Å². The first kappa shape index (κ1) is 5.84. The van der Waals surface area contributed by atoms with Crippen molar-refractivity contribution < 1.29 is 0 Å². The lowest BCUT2D eigenvalue weighted by atomic mass is 10.4. The third kappa shape index (κ3) is 1.34. The fourth-order valence-corrected chi connectivity index (χ4v) is 2.61. The van der Waals surface area contributed by atoms with Gasteiger partial charge in [0.05, 0.1) is 6.07 Å². The van der Waals surface area contributed by atoms with Crippen LogP contribution in [0.1, 0.15) is 12.8 Å². The number of nitriles is 1. The lowest BCUT2D eigenvalue weighted by Crippen LogP contribution is -1.71. The number of rotatable bonds is 0. The third-order valence-corrected chi connectivity index (χ3v) is 3.35. The van der Waals surface area contributed by atoms with Crippen molar-refractivity contribution in [2.75, 3.05) is 11.5 Å². The molecule has 0 bridgehead atoms. The molecule has 2 heteroatoms. The molecular formula is C6H9NS. The first-order valence-electron chi connectivity index (χ1n) is 2.83. The summed E-state index contributed by atoms with van der Waals surface area (Å²) < 4.78 is 0. The molecule has 0 radical (unpaired) electrons. The van der Waals surface area contributed by atoms with Crippen LogP contribution in [0.5, 0.6) is 0 Å². The Bertz CT molecular complexity index is 135. The summed E-state index contributed by atoms with van der Waals surface area (Å²) in [6, 6.07) is 2.10. The summed E-state index contributed by atoms with van der Waals surface area (Å²) in [6.45, 7) is 0. The van der Waals surface area contributed by atoms with E-state index in [1.807, 2.05) is 0 Å². The van der Waals surface area contributed by atoms with Crippen molar-refractivity contribution in [1.29, 1.82) is 5.26 Å². The van der Waals surface area contributed by atoms with Gasteiger partial charge in [0.25, 0.3) is 0 Å². The SMILES string of the molecule is N#CC=S1CCCC1. The van der Waals surface area contributed by atoms with Gasteiger partial charge in [-0.05, 0) is 24.3 Å². The minimum atomic E-state index is 0.387. The molecule has 0 saturated carbocycles. The van der Waals surface area contributed by atoms with Gasteiger partial charge < -0.3 is 0 Å². The monoisotopic (exact) mass is 127 g/mol. The summed E-state index contributed by atoms with van der Waals surface area (Å²) in [5, 5.41) is 10.0. The van der Waals surface area contributed by atoms with Gasteiger partial charge in [-0.3, -0.25) is 0 Å². The van der Waals surface area contributed by atoms with E-state index in [2.05, 4.69) is 6.07 Å². The molecule has 1 aliphatic heterocycles. The van der Waals surface area contributed by atoms with Crippen LogP contribution in [0.15, 0.2) is 0 Å². The average molecular weight is 127 g/mol. The molecule has 0 aromatic rings. The number of nitrogens with zero attached hydrogens (tertiary/aromatic N) is 1. The maximum atomic E-state index is 8.23. The second-order valence-electron chi connectivity index (χ2n) is 1.90. The summed E-state index contributed by atoms with van der Waals surface area (Å²) in [6.07, 6.45) is 2.67. The Balaban J connectivity index is 2.48. The summed E-state index contributed by atoms with van der Waals surface area (Å²) in [4.78, 5) is 0. The maximum Gasteiger partial charge on any atom is 0.0973 e. The van der Waals surface area contributed by atoms with Crippen molar-refractivity contribution >= 4 is 15.9 Å². The highest BCUT2D eigenvalue weighted by Gasteiger charge is 2.02. The predicted octanol–water partition coefficient (Wildman–Crippen LogP) is 1.37. The Morgan fingerprint density at radius 1 is 1.38 bits per heavy atom. The molecule has 0 spiro atoms. The normalized spacial score (nSPS) is 20.4. The molecule has 1 rings (SSSR count). The molecule has 1 fully saturated rings. The molecule has 1 nitrogen and oxygen atoms in total. The topological polar surface area (TPSA) is 23.8 Å². The summed E-state index contributed by atoms with van der Waals surface area (Å²) in [7, 11) is 0.387. The minimum Gasteiger partial charge on any atom is -0.193 e. The van der Waals surface area contributed by atoms with E-state index in [0.717, 1.165) is 0 Å². The molecule has 1 heterocycles. The van der Waals surface area contributed by atoms with Gasteiger partial charge in [-0.15, -0.1) is 0 Å². The fourth-order valence-electron chi connectivity index (χ4n) is 0.869. The largest absolute Gasteiger partial charge is 0.193 e. The van der Waals surface area contributed by atoms with E-state index in [1.165, 1.54) is 24.3 Å². The van der Waals surface area contributed by atoms with Crippen LogP contribution >= 0.6 is 10.5 Å². The van der Waals surface area contributed by atoms with Crippen LogP contribution in [0.25, 0.3) is 0 Å². The molecule has 0 unspecified atom stereocenters. The van der Waals surface area contributed by atoms with Crippen LogP contribution in [0.3, 0.4) is 0 Å². The standard InChI is InChI=1S/C6H9NS/c7-3-6-8-4-1-2-5-8/h6H,1-2,4-5H2. The molecule has 0 atom stereocenters. The van der Waals surface area contributed by atoms with Crippen molar-refractivity contribution in [2.45, 2.75) is 12.8 Å². The van der Waals surface area contributed by atoms with Crippen molar-refractivity contribution in [3.63, 3.8) is 0 Å². The van der Waals surface area contributed by atoms with Crippen molar-refractivity contribution in [3.8, 4) is 6.07 Å². The highest BCUT2D eigenvalue weighted by atomic mass is 32.2. The molecule has 44 valence electrons. The molecule has 0 aromatic carbocycles. The summed E-state index contributed by atoms with van der Waals surface area (Å²) in [5.74, 6) is 2.54. The van der Waals surface area contributed by atoms with Crippen molar-refractivity contribution in [2.24, 2.45) is 0 Å². The van der Waals surface area contributed by atoms with E-state index in [0.29, 0.717) is 10.5 Å². The van der Waals surface area contributed by atoms with E-state index >= 15 is 0 Å². The number of hydrogen-bond acceptors (Lipinski definition) is 1. The van der Waals surface area contributed by atoms with E-state index < -0.39 is 0 Å². The van der Waals surface area contributed by atoms with E-state index in [-0.39, 0.29) is 0 Å². The highest BCUT2D eigenvalue weighted by molar-refractivity contribution is 8.15. The second kappa shape index (κ2) is 2.88. The second-order valence-corrected chi connectivity index (χ2v) is 4.03. The van der Waals surface area contributed by atoms with E-state index in [9.17, 15) is 0 Å². The van der Waals surface area contributed by atoms with Gasteiger partial charge >= 0.3 is 0 Å². The Labute approximate surface area is 52.2 Å². The molecule has 0 aliphatic carbocycles. The molecule has 0 aromatic heterocycles. The van der Waals surface area contributed by atoms with E-state index in [4.69, 9.17) is 5.26 Å². The zero-order chi connectivity index (χ0) is 5.82. The molecule has 1 saturated heterocycles. The van der Waals surface area contributed by atoms with E-state index in [1.54, 1.807) is 5.37 Å². The third-order valence-electron chi connectivity index (χ3n) is 1.28. The van der Waals surface area contributed by atoms with Crippen LogP contribution in [0.2, 0.25) is 0 Å². The predicted molar refractivity (Wildman–Crippen MR) is 38.2 cm³/mol. The van der Waals surface area contributed by atoms with Gasteiger partial charge in [0, 0.05) is 5.37 Å². The van der Waals surface area contributed by atoms with Gasteiger partial charge in [-0.25, -0.2) is 0 Å². The Kier molecular flexibility index (Phi) is 2.11. The van der Waals surface area contributed by atoms with Crippen LogP contribution in [-0.2, 0) is 0 Å². The summed E-state index contributed by atoms with van der Waals surface area (Å²) in [5.41, 5.74) is 0. The van der Waals surface area contributed by atoms with Crippen molar-refractivity contribution in [3.05, 3.63) is 0 Å². The molecule has 1 aliphatic rings. The van der Waals surface area contributed by atoms with Crippen LogP contribution in [-0.4, -0.2) is 16.9 Å². The van der Waals surface area contributed by atoms with Crippen LogP contribution in [0.4, 0.5) is 0 Å². The van der Waals surface area contributed by atoms with Gasteiger partial charge in [0.2, 0.25) is 0 Å². The zero-order valence-corrected chi connectivity index (χ0v) is 5.58. The number of hydrogen-bond donors (Lipinski definition) is 0. The lowest BCUT2D eigenvalue weighted by Gasteiger charge is -1.87. The Hall–Kier alpha value is -0.290. The van der Waals surface area contributed by atoms with Crippen LogP contribution < -0.4 is 0 Å². The van der Waals surface area contributed by atoms with Gasteiger partial charge in [-0.2, -0.15) is 15.7 Å². The highest BCUT2D eigenvalue weighted by Crippen LogP contribution is 2.23. The molecular weight excluding hydrogens is 118 g/mol. The van der Waals surface area contributed by atoms with Crippen LogP contribution in [0, 0.1) is 11.3 Å². The smallest absolute Gasteiger partial charge is 0.0973 e. The minimum absolute atomic E-state index is 0.387. The first-order valence-corrected chi connectivity index (χ1v) is 4.45. The lowest BCUT2D eigenvalue weighted by molar-refractivity contribution is 0.949. The Morgan fingerprint density at radius 2 is 2.00 bits per heavy atom.